The molecule has 1 aliphatic heterocycles. The highest BCUT2D eigenvalue weighted by molar-refractivity contribution is 5.94. The van der Waals surface area contributed by atoms with Gasteiger partial charge in [0.25, 0.3) is 5.91 Å². The molecule has 3 N–H and O–H groups in total. The number of carbonyl (C=O) groups is 1. The van der Waals surface area contributed by atoms with Gasteiger partial charge in [-0.3, -0.25) is 4.79 Å². The van der Waals surface area contributed by atoms with Crippen molar-refractivity contribution in [3.63, 3.8) is 0 Å². The molecule has 0 saturated carbocycles. The molecule has 1 heterocycles. The minimum atomic E-state index is -0.0687. The molecule has 5 heteroatoms. The lowest BCUT2D eigenvalue weighted by Gasteiger charge is -2.18. The van der Waals surface area contributed by atoms with Gasteiger partial charge in [-0.15, -0.1) is 0 Å². The van der Waals surface area contributed by atoms with E-state index in [1.54, 1.807) is 18.2 Å². The third kappa shape index (κ3) is 4.13. The Balaban J connectivity index is 1.77. The maximum Gasteiger partial charge on any atom is 0.251 e. The Labute approximate surface area is 119 Å². The fraction of sp³-hybridized carbons (Fsp3) is 0.533. The molecule has 0 aliphatic carbocycles. The fourth-order valence-corrected chi connectivity index (χ4v) is 2.11. The number of fused-ring (bicyclic) bond motifs is 1. The molecule has 0 saturated heterocycles. The molecule has 2 rings (SSSR count). The topological polar surface area (TPSA) is 73.6 Å². The van der Waals surface area contributed by atoms with Crippen LogP contribution in [0.2, 0.25) is 0 Å². The second kappa shape index (κ2) is 7.75. The monoisotopic (exact) mass is 278 g/mol. The number of nitrogens with one attached hydrogen (secondary N) is 1. The van der Waals surface area contributed by atoms with Crippen LogP contribution in [0, 0.1) is 0 Å². The van der Waals surface area contributed by atoms with Crippen LogP contribution >= 0.6 is 0 Å². The minimum Gasteiger partial charge on any atom is -0.486 e. The van der Waals surface area contributed by atoms with Crippen molar-refractivity contribution in [2.24, 2.45) is 5.73 Å². The molecule has 0 bridgehead atoms. The van der Waals surface area contributed by atoms with Crippen LogP contribution in [0.4, 0.5) is 0 Å². The van der Waals surface area contributed by atoms with Gasteiger partial charge in [0.1, 0.15) is 13.2 Å². The molecule has 110 valence electrons. The summed E-state index contributed by atoms with van der Waals surface area (Å²) < 4.78 is 10.9. The molecule has 0 radical (unpaired) electrons. The van der Waals surface area contributed by atoms with E-state index in [0.717, 1.165) is 32.2 Å². The molecular formula is C15H22N2O3. The number of benzene rings is 1. The van der Waals surface area contributed by atoms with Gasteiger partial charge in [-0.1, -0.05) is 12.8 Å². The van der Waals surface area contributed by atoms with Gasteiger partial charge in [0.05, 0.1) is 0 Å². The number of ether oxygens (including phenoxy) is 2. The first-order chi connectivity index (χ1) is 9.81. The normalized spacial score (nSPS) is 13.1. The predicted molar refractivity (Wildman–Crippen MR) is 77.3 cm³/mol. The Kier molecular flexibility index (Phi) is 5.68. The van der Waals surface area contributed by atoms with E-state index < -0.39 is 0 Å². The molecule has 1 amide bonds. The van der Waals surface area contributed by atoms with Crippen LogP contribution in [0.15, 0.2) is 18.2 Å². The summed E-state index contributed by atoms with van der Waals surface area (Å²) in [5.41, 5.74) is 6.04. The second-order valence-corrected chi connectivity index (χ2v) is 4.82. The molecule has 0 spiro atoms. The van der Waals surface area contributed by atoms with E-state index >= 15 is 0 Å². The first kappa shape index (κ1) is 14.7. The number of nitrogens with two attached hydrogens (primary N) is 1. The molecule has 0 unspecified atom stereocenters. The SMILES string of the molecule is NCCCCCCNC(=O)c1ccc2c(c1)OCCO2. The molecule has 0 aromatic heterocycles. The van der Waals surface area contributed by atoms with Crippen molar-refractivity contribution in [3.05, 3.63) is 23.8 Å². The number of unbranched alkanes of at least 4 members (excludes halogenated alkanes) is 3. The average molecular weight is 278 g/mol. The van der Waals surface area contributed by atoms with Crippen molar-refractivity contribution in [1.29, 1.82) is 0 Å². The van der Waals surface area contributed by atoms with Crippen molar-refractivity contribution in [1.82, 2.24) is 5.32 Å². The van der Waals surface area contributed by atoms with E-state index in [0.29, 0.717) is 36.8 Å². The lowest BCUT2D eigenvalue weighted by Crippen LogP contribution is -2.25. The van der Waals surface area contributed by atoms with Crippen molar-refractivity contribution in [2.75, 3.05) is 26.3 Å². The molecule has 5 nitrogen and oxygen atoms in total. The van der Waals surface area contributed by atoms with Gasteiger partial charge < -0.3 is 20.5 Å². The molecule has 1 aliphatic rings. The Bertz CT molecular complexity index is 449. The maximum atomic E-state index is 12.0. The number of rotatable bonds is 7. The zero-order valence-corrected chi connectivity index (χ0v) is 11.7. The Hall–Kier alpha value is -1.75. The predicted octanol–water partition coefficient (Wildman–Crippen LogP) is 1.71. The summed E-state index contributed by atoms with van der Waals surface area (Å²) in [6.45, 7) is 2.52. The van der Waals surface area contributed by atoms with E-state index in [2.05, 4.69) is 5.32 Å². The van der Waals surface area contributed by atoms with E-state index in [4.69, 9.17) is 15.2 Å². The summed E-state index contributed by atoms with van der Waals surface area (Å²) in [6.07, 6.45) is 4.25. The van der Waals surface area contributed by atoms with Gasteiger partial charge in [-0.05, 0) is 37.6 Å². The largest absolute Gasteiger partial charge is 0.486 e. The summed E-state index contributed by atoms with van der Waals surface area (Å²) in [4.78, 5) is 12.0. The van der Waals surface area contributed by atoms with E-state index in [1.165, 1.54) is 0 Å². The summed E-state index contributed by atoms with van der Waals surface area (Å²) in [5.74, 6) is 1.28. The Morgan fingerprint density at radius 1 is 1.10 bits per heavy atom. The van der Waals surface area contributed by atoms with Gasteiger partial charge in [0.15, 0.2) is 11.5 Å². The quantitative estimate of drug-likeness (QED) is 0.745. The van der Waals surface area contributed by atoms with Gasteiger partial charge in [-0.25, -0.2) is 0 Å². The Morgan fingerprint density at radius 3 is 2.65 bits per heavy atom. The molecule has 1 aromatic carbocycles. The van der Waals surface area contributed by atoms with Crippen LogP contribution in [0.5, 0.6) is 11.5 Å². The number of amides is 1. The van der Waals surface area contributed by atoms with Crippen LogP contribution in [0.1, 0.15) is 36.0 Å². The zero-order chi connectivity index (χ0) is 14.2. The molecular weight excluding hydrogens is 256 g/mol. The van der Waals surface area contributed by atoms with Gasteiger partial charge in [0, 0.05) is 12.1 Å². The third-order valence-electron chi connectivity index (χ3n) is 3.22. The maximum absolute atomic E-state index is 12.0. The van der Waals surface area contributed by atoms with Crippen molar-refractivity contribution < 1.29 is 14.3 Å². The number of carbonyl (C=O) groups excluding carboxylic acids is 1. The highest BCUT2D eigenvalue weighted by atomic mass is 16.6. The fourth-order valence-electron chi connectivity index (χ4n) is 2.11. The van der Waals surface area contributed by atoms with Crippen LogP contribution in [0.25, 0.3) is 0 Å². The zero-order valence-electron chi connectivity index (χ0n) is 11.7. The van der Waals surface area contributed by atoms with Gasteiger partial charge >= 0.3 is 0 Å². The van der Waals surface area contributed by atoms with Crippen LogP contribution in [0.3, 0.4) is 0 Å². The first-order valence-electron chi connectivity index (χ1n) is 7.19. The van der Waals surface area contributed by atoms with E-state index in [1.807, 2.05) is 0 Å². The summed E-state index contributed by atoms with van der Waals surface area (Å²) in [5, 5.41) is 2.92. The third-order valence-corrected chi connectivity index (χ3v) is 3.22. The molecule has 1 aromatic rings. The standard InChI is InChI=1S/C15H22N2O3/c16-7-3-1-2-4-8-17-15(18)12-5-6-13-14(11-12)20-10-9-19-13/h5-6,11H,1-4,7-10,16H2,(H,17,18). The molecule has 0 fully saturated rings. The van der Waals surface area contributed by atoms with Crippen LogP contribution in [-0.2, 0) is 0 Å². The highest BCUT2D eigenvalue weighted by Gasteiger charge is 2.14. The van der Waals surface area contributed by atoms with Gasteiger partial charge in [0.2, 0.25) is 0 Å². The average Bonchev–Trinajstić information content (AvgIpc) is 2.50. The Morgan fingerprint density at radius 2 is 1.85 bits per heavy atom. The summed E-state index contributed by atoms with van der Waals surface area (Å²) in [6, 6.07) is 5.28. The van der Waals surface area contributed by atoms with E-state index in [-0.39, 0.29) is 5.91 Å². The number of hydrogen-bond donors (Lipinski definition) is 2. The van der Waals surface area contributed by atoms with Crippen molar-refractivity contribution >= 4 is 5.91 Å². The lowest BCUT2D eigenvalue weighted by molar-refractivity contribution is 0.0951. The second-order valence-electron chi connectivity index (χ2n) is 4.82. The first-order valence-corrected chi connectivity index (χ1v) is 7.19. The molecule has 0 atom stereocenters. The smallest absolute Gasteiger partial charge is 0.251 e. The molecule has 20 heavy (non-hydrogen) atoms. The summed E-state index contributed by atoms with van der Waals surface area (Å²) in [7, 11) is 0. The van der Waals surface area contributed by atoms with Crippen molar-refractivity contribution in [2.45, 2.75) is 25.7 Å². The lowest BCUT2D eigenvalue weighted by atomic mass is 10.1. The van der Waals surface area contributed by atoms with Crippen molar-refractivity contribution in [3.8, 4) is 11.5 Å². The summed E-state index contributed by atoms with van der Waals surface area (Å²) >= 11 is 0. The highest BCUT2D eigenvalue weighted by Crippen LogP contribution is 2.30. The number of hydrogen-bond acceptors (Lipinski definition) is 4. The van der Waals surface area contributed by atoms with Crippen LogP contribution < -0.4 is 20.5 Å². The minimum absolute atomic E-state index is 0.0687. The van der Waals surface area contributed by atoms with Gasteiger partial charge in [-0.2, -0.15) is 0 Å². The van der Waals surface area contributed by atoms with E-state index in [9.17, 15) is 4.79 Å². The van der Waals surface area contributed by atoms with Crippen LogP contribution in [-0.4, -0.2) is 32.2 Å².